The van der Waals surface area contributed by atoms with Gasteiger partial charge in [-0.2, -0.15) is 0 Å². The van der Waals surface area contributed by atoms with E-state index in [9.17, 15) is 19.2 Å². The standard InChI is InChI=1S/C30H24ClN3O5S2/c1-16-7-13-19(14-8-16)34-27(36)24-23(20-5-3-4-6-21(20)39-2)26-29(40-25(24)28(34)37)33(30(38)41-26)15-22(35)32-18-11-9-17(31)10-12-18/h3-14,23-25H,15H2,1-2H3,(H,32,35)/t23-,24?,25?/m1/s1. The molecule has 41 heavy (non-hydrogen) atoms. The van der Waals surface area contributed by atoms with E-state index in [1.165, 1.54) is 21.2 Å². The lowest BCUT2D eigenvalue weighted by Crippen LogP contribution is -2.33. The summed E-state index contributed by atoms with van der Waals surface area (Å²) in [5, 5.41) is 3.05. The number of nitrogens with one attached hydrogen (secondary N) is 1. The Kier molecular flexibility index (Phi) is 7.23. The zero-order valence-corrected chi connectivity index (χ0v) is 24.4. The molecule has 1 saturated heterocycles. The SMILES string of the molecule is COc1ccccc1[C@H]1c2sc(=O)n(CC(=O)Nc3ccc(Cl)cc3)c2SC2C(=O)N(c3ccc(C)cc3)C(=O)C21. The Morgan fingerprint density at radius 2 is 1.68 bits per heavy atom. The number of carbonyl (C=O) groups excluding carboxylic acids is 3. The number of aromatic nitrogens is 1. The summed E-state index contributed by atoms with van der Waals surface area (Å²) in [6.45, 7) is 1.69. The van der Waals surface area contributed by atoms with Crippen LogP contribution in [0.5, 0.6) is 5.75 Å². The summed E-state index contributed by atoms with van der Waals surface area (Å²) in [4.78, 5) is 55.8. The van der Waals surface area contributed by atoms with E-state index in [4.69, 9.17) is 16.3 Å². The van der Waals surface area contributed by atoms with Crippen LogP contribution in [0.2, 0.25) is 5.02 Å². The molecule has 11 heteroatoms. The second-order valence-electron chi connectivity index (χ2n) is 9.81. The van der Waals surface area contributed by atoms with Crippen LogP contribution >= 0.6 is 34.7 Å². The summed E-state index contributed by atoms with van der Waals surface area (Å²) >= 11 is 8.11. The van der Waals surface area contributed by atoms with Gasteiger partial charge in [0.25, 0.3) is 0 Å². The van der Waals surface area contributed by atoms with Crippen LogP contribution in [-0.2, 0) is 20.9 Å². The first-order valence-corrected chi connectivity index (χ1v) is 14.9. The lowest BCUT2D eigenvalue weighted by Gasteiger charge is -2.31. The molecule has 1 N–H and O–H groups in total. The lowest BCUT2D eigenvalue weighted by atomic mass is 9.82. The summed E-state index contributed by atoms with van der Waals surface area (Å²) in [6.07, 6.45) is 0. The molecule has 1 fully saturated rings. The number of anilines is 2. The number of rotatable bonds is 6. The highest BCUT2D eigenvalue weighted by molar-refractivity contribution is 8.00. The van der Waals surface area contributed by atoms with Crippen LogP contribution in [0.4, 0.5) is 11.4 Å². The maximum atomic E-state index is 14.0. The van der Waals surface area contributed by atoms with E-state index in [-0.39, 0.29) is 23.2 Å². The summed E-state index contributed by atoms with van der Waals surface area (Å²) in [5.41, 5.74) is 2.76. The van der Waals surface area contributed by atoms with E-state index >= 15 is 0 Å². The average molecular weight is 606 g/mol. The molecule has 3 atom stereocenters. The van der Waals surface area contributed by atoms with Crippen LogP contribution in [-0.4, -0.2) is 34.6 Å². The van der Waals surface area contributed by atoms with Crippen molar-refractivity contribution >= 4 is 63.8 Å². The Balaban J connectivity index is 1.43. The molecular weight excluding hydrogens is 582 g/mol. The minimum absolute atomic E-state index is 0.250. The van der Waals surface area contributed by atoms with Crippen LogP contribution in [0, 0.1) is 12.8 Å². The Morgan fingerprint density at radius 3 is 2.39 bits per heavy atom. The van der Waals surface area contributed by atoms with Gasteiger partial charge in [0.15, 0.2) is 0 Å². The molecule has 3 aromatic carbocycles. The van der Waals surface area contributed by atoms with Gasteiger partial charge in [-0.3, -0.25) is 23.7 Å². The summed E-state index contributed by atoms with van der Waals surface area (Å²) in [6, 6.07) is 21.2. The molecule has 2 unspecified atom stereocenters. The molecule has 3 heterocycles. The van der Waals surface area contributed by atoms with Crippen molar-refractivity contribution in [1.29, 1.82) is 0 Å². The number of thiazole rings is 1. The van der Waals surface area contributed by atoms with E-state index in [2.05, 4.69) is 5.32 Å². The van der Waals surface area contributed by atoms with Gasteiger partial charge in [-0.1, -0.05) is 70.6 Å². The second-order valence-corrected chi connectivity index (χ2v) is 12.4. The fraction of sp³-hybridized carbons (Fsp3) is 0.200. The number of thioether (sulfide) groups is 1. The fourth-order valence-electron chi connectivity index (χ4n) is 5.34. The number of halogens is 1. The number of aryl methyl sites for hydroxylation is 1. The first kappa shape index (κ1) is 27.3. The van der Waals surface area contributed by atoms with Crippen molar-refractivity contribution < 1.29 is 19.1 Å². The van der Waals surface area contributed by atoms with Gasteiger partial charge in [0.1, 0.15) is 17.5 Å². The molecule has 1 aromatic heterocycles. The first-order chi connectivity index (χ1) is 19.8. The minimum atomic E-state index is -0.786. The van der Waals surface area contributed by atoms with Gasteiger partial charge in [0.05, 0.1) is 23.7 Å². The number of amides is 3. The van der Waals surface area contributed by atoms with Crippen LogP contribution in [0.3, 0.4) is 0 Å². The first-order valence-electron chi connectivity index (χ1n) is 12.8. The zero-order valence-electron chi connectivity index (χ0n) is 22.0. The highest BCUT2D eigenvalue weighted by Crippen LogP contribution is 2.55. The third-order valence-electron chi connectivity index (χ3n) is 7.25. The number of hydrogen-bond acceptors (Lipinski definition) is 7. The van der Waals surface area contributed by atoms with E-state index in [0.717, 1.165) is 16.9 Å². The molecule has 2 aliphatic rings. The van der Waals surface area contributed by atoms with E-state index in [0.29, 0.717) is 37.6 Å². The van der Waals surface area contributed by atoms with Gasteiger partial charge in [0, 0.05) is 27.1 Å². The molecule has 8 nitrogen and oxygen atoms in total. The van der Waals surface area contributed by atoms with Gasteiger partial charge in [-0.25, -0.2) is 4.90 Å². The quantitative estimate of drug-likeness (QED) is 0.299. The third kappa shape index (κ3) is 4.86. The molecule has 208 valence electrons. The highest BCUT2D eigenvalue weighted by Gasteiger charge is 2.57. The summed E-state index contributed by atoms with van der Waals surface area (Å²) < 4.78 is 7.04. The maximum Gasteiger partial charge on any atom is 0.308 e. The molecule has 0 radical (unpaired) electrons. The number of carbonyl (C=O) groups is 3. The van der Waals surface area contributed by atoms with Crippen LogP contribution < -0.4 is 19.8 Å². The Labute approximate surface area is 248 Å². The lowest BCUT2D eigenvalue weighted by molar-refractivity contribution is -0.122. The number of nitrogens with zero attached hydrogens (tertiary/aromatic N) is 2. The van der Waals surface area contributed by atoms with Crippen molar-refractivity contribution in [3.8, 4) is 5.75 Å². The average Bonchev–Trinajstić information content (AvgIpc) is 3.41. The van der Waals surface area contributed by atoms with Gasteiger partial charge in [-0.15, -0.1) is 0 Å². The molecule has 0 saturated carbocycles. The number of methoxy groups -OCH3 is 1. The van der Waals surface area contributed by atoms with Crippen molar-refractivity contribution in [1.82, 2.24) is 4.57 Å². The number of para-hydroxylation sites is 1. The van der Waals surface area contributed by atoms with E-state index in [1.807, 2.05) is 37.3 Å². The molecule has 0 spiro atoms. The largest absolute Gasteiger partial charge is 0.496 e. The molecule has 3 amide bonds. The topological polar surface area (TPSA) is 97.7 Å². The number of fused-ring (bicyclic) bond motifs is 2. The summed E-state index contributed by atoms with van der Waals surface area (Å²) in [5.74, 6) is -1.90. The van der Waals surface area contributed by atoms with E-state index < -0.39 is 23.0 Å². The Morgan fingerprint density at radius 1 is 0.976 bits per heavy atom. The van der Waals surface area contributed by atoms with Crippen LogP contribution in [0.15, 0.2) is 82.6 Å². The number of imide groups is 1. The maximum absolute atomic E-state index is 14.0. The van der Waals surface area contributed by atoms with E-state index in [1.54, 1.807) is 49.6 Å². The van der Waals surface area contributed by atoms with Gasteiger partial charge >= 0.3 is 4.87 Å². The smallest absolute Gasteiger partial charge is 0.308 e. The zero-order chi connectivity index (χ0) is 28.8. The Hall–Kier alpha value is -3.86. The molecule has 6 rings (SSSR count). The minimum Gasteiger partial charge on any atom is -0.496 e. The molecule has 2 aliphatic heterocycles. The molecule has 0 aliphatic carbocycles. The number of hydrogen-bond donors (Lipinski definition) is 1. The predicted octanol–water partition coefficient (Wildman–Crippen LogP) is 5.31. The van der Waals surface area contributed by atoms with Crippen LogP contribution in [0.25, 0.3) is 0 Å². The van der Waals surface area contributed by atoms with Crippen molar-refractivity contribution in [3.63, 3.8) is 0 Å². The van der Waals surface area contributed by atoms with Crippen molar-refractivity contribution in [2.24, 2.45) is 5.92 Å². The summed E-state index contributed by atoms with van der Waals surface area (Å²) in [7, 11) is 1.55. The monoisotopic (exact) mass is 605 g/mol. The van der Waals surface area contributed by atoms with Crippen molar-refractivity contribution in [2.45, 2.75) is 29.7 Å². The third-order valence-corrected chi connectivity index (χ3v) is 10.1. The molecule has 4 aromatic rings. The van der Waals surface area contributed by atoms with Gasteiger partial charge in [0.2, 0.25) is 17.7 Å². The fourth-order valence-corrected chi connectivity index (χ4v) is 8.23. The Bertz CT molecular complexity index is 1730. The predicted molar refractivity (Wildman–Crippen MR) is 160 cm³/mol. The highest BCUT2D eigenvalue weighted by atomic mass is 35.5. The van der Waals surface area contributed by atoms with Gasteiger partial charge in [-0.05, 0) is 49.4 Å². The number of benzene rings is 3. The second kappa shape index (κ2) is 10.8. The number of ether oxygens (including phenoxy) is 1. The molecule has 0 bridgehead atoms. The van der Waals surface area contributed by atoms with Crippen LogP contribution in [0.1, 0.15) is 21.9 Å². The van der Waals surface area contributed by atoms with Crippen molar-refractivity contribution in [2.75, 3.05) is 17.3 Å². The van der Waals surface area contributed by atoms with Gasteiger partial charge < -0.3 is 10.1 Å². The molecular formula is C30H24ClN3O5S2. The normalized spacial score (nSPS) is 19.6. The van der Waals surface area contributed by atoms with Crippen molar-refractivity contribution in [3.05, 3.63) is 103 Å².